The molecule has 0 heteroatoms. The van der Waals surface area contributed by atoms with Gasteiger partial charge in [-0.3, -0.25) is 0 Å². The van der Waals surface area contributed by atoms with E-state index in [9.17, 15) is 0 Å². The van der Waals surface area contributed by atoms with E-state index < -0.39 is 0 Å². The Morgan fingerprint density at radius 3 is 2.25 bits per heavy atom. The lowest BCUT2D eigenvalue weighted by Gasteiger charge is -2.20. The van der Waals surface area contributed by atoms with Crippen molar-refractivity contribution >= 4 is 0 Å². The van der Waals surface area contributed by atoms with E-state index >= 15 is 0 Å². The monoisotopic (exact) mass is 168 g/mol. The summed E-state index contributed by atoms with van der Waals surface area (Å²) in [5, 5.41) is 0. The Kier molecular flexibility index (Phi) is 5.28. The highest BCUT2D eigenvalue weighted by Crippen LogP contribution is 2.25. The molecule has 0 saturated heterocycles. The first-order valence-corrected chi connectivity index (χ1v) is 5.12. The highest BCUT2D eigenvalue weighted by Gasteiger charge is 2.12. The highest BCUT2D eigenvalue weighted by atomic mass is 14.2. The largest absolute Gasteiger partial charge is 0.0911 e. The Balaban J connectivity index is 3.61. The van der Waals surface area contributed by atoms with Crippen molar-refractivity contribution in [3.63, 3.8) is 0 Å². The summed E-state index contributed by atoms with van der Waals surface area (Å²) in [4.78, 5) is 0. The third-order valence-corrected chi connectivity index (χ3v) is 2.22. The molecule has 0 unspecified atom stereocenters. The summed E-state index contributed by atoms with van der Waals surface area (Å²) in [6, 6.07) is 0. The van der Waals surface area contributed by atoms with E-state index in [2.05, 4.69) is 46.8 Å². The van der Waals surface area contributed by atoms with Gasteiger partial charge in [0.25, 0.3) is 0 Å². The Bertz CT molecular complexity index is 129. The van der Waals surface area contributed by atoms with Crippen molar-refractivity contribution < 1.29 is 0 Å². The molecule has 0 aromatic carbocycles. The third kappa shape index (κ3) is 6.45. The van der Waals surface area contributed by atoms with Crippen LogP contribution in [0.3, 0.4) is 0 Å². The molecule has 0 N–H and O–H groups in total. The van der Waals surface area contributed by atoms with Gasteiger partial charge in [-0.2, -0.15) is 0 Å². The maximum atomic E-state index is 2.31. The van der Waals surface area contributed by atoms with Crippen LogP contribution in [0.15, 0.2) is 12.2 Å². The maximum absolute atomic E-state index is 2.31. The molecule has 0 rings (SSSR count). The predicted octanol–water partition coefficient (Wildman–Crippen LogP) is 4.42. The van der Waals surface area contributed by atoms with Gasteiger partial charge in [-0.05, 0) is 24.7 Å². The number of rotatable bonds is 5. The van der Waals surface area contributed by atoms with Crippen molar-refractivity contribution in [3.05, 3.63) is 12.2 Å². The molecule has 72 valence electrons. The Morgan fingerprint density at radius 2 is 1.83 bits per heavy atom. The average molecular weight is 168 g/mol. The lowest BCUT2D eigenvalue weighted by atomic mass is 9.86. The van der Waals surface area contributed by atoms with Gasteiger partial charge in [0.2, 0.25) is 0 Å². The topological polar surface area (TPSA) is 0 Å². The van der Waals surface area contributed by atoms with Crippen LogP contribution in [-0.4, -0.2) is 0 Å². The predicted molar refractivity (Wildman–Crippen MR) is 57.3 cm³/mol. The van der Waals surface area contributed by atoms with Crippen LogP contribution in [0.5, 0.6) is 0 Å². The number of hydrogen-bond donors (Lipinski definition) is 0. The van der Waals surface area contributed by atoms with Crippen LogP contribution in [0.1, 0.15) is 53.9 Å². The average Bonchev–Trinajstić information content (AvgIpc) is 1.85. The van der Waals surface area contributed by atoms with Crippen molar-refractivity contribution in [2.45, 2.75) is 53.9 Å². The van der Waals surface area contributed by atoms with Gasteiger partial charge in [-0.1, -0.05) is 52.7 Å². The molecule has 0 aliphatic rings. The minimum Gasteiger partial charge on any atom is -0.0911 e. The zero-order valence-corrected chi connectivity index (χ0v) is 9.35. The highest BCUT2D eigenvalue weighted by molar-refractivity contribution is 4.92. The molecule has 0 aromatic rings. The molecule has 0 fully saturated rings. The standard InChI is InChI=1S/C12H24/c1-6-9-12(4,5)10-7-8-11(2)3/h6,9,11H,7-8,10H2,1-5H3/b9-6+. The molecule has 0 heterocycles. The van der Waals surface area contributed by atoms with Crippen molar-refractivity contribution in [3.8, 4) is 0 Å². The molecule has 0 aromatic heterocycles. The van der Waals surface area contributed by atoms with Crippen LogP contribution < -0.4 is 0 Å². The fraction of sp³-hybridized carbons (Fsp3) is 0.833. The molecular formula is C12H24. The summed E-state index contributed by atoms with van der Waals surface area (Å²) in [7, 11) is 0. The van der Waals surface area contributed by atoms with Gasteiger partial charge in [0.05, 0.1) is 0 Å². The van der Waals surface area contributed by atoms with Crippen LogP contribution in [-0.2, 0) is 0 Å². The first kappa shape index (κ1) is 11.7. The minimum atomic E-state index is 0.406. The first-order chi connectivity index (χ1) is 5.48. The summed E-state index contributed by atoms with van der Waals surface area (Å²) in [6.07, 6.45) is 8.51. The van der Waals surface area contributed by atoms with Crippen LogP contribution in [0.2, 0.25) is 0 Å². The van der Waals surface area contributed by atoms with Crippen molar-refractivity contribution in [2.75, 3.05) is 0 Å². The molecule has 0 amide bonds. The third-order valence-electron chi connectivity index (χ3n) is 2.22. The molecule has 0 radical (unpaired) electrons. The lowest BCUT2D eigenvalue weighted by Crippen LogP contribution is -2.07. The van der Waals surface area contributed by atoms with Gasteiger partial charge in [-0.15, -0.1) is 0 Å². The molecular weight excluding hydrogens is 144 g/mol. The molecule has 0 nitrogen and oxygen atoms in total. The zero-order chi connectivity index (χ0) is 9.61. The van der Waals surface area contributed by atoms with E-state index in [0.29, 0.717) is 5.41 Å². The van der Waals surface area contributed by atoms with Crippen molar-refractivity contribution in [2.24, 2.45) is 11.3 Å². The Hall–Kier alpha value is -0.260. The van der Waals surface area contributed by atoms with E-state index in [1.807, 2.05) is 0 Å². The second-order valence-electron chi connectivity index (χ2n) is 4.77. The summed E-state index contributed by atoms with van der Waals surface area (Å²) in [6.45, 7) is 11.3. The molecule has 0 spiro atoms. The fourth-order valence-electron chi connectivity index (χ4n) is 1.50. The molecule has 0 aliphatic heterocycles. The Morgan fingerprint density at radius 1 is 1.25 bits per heavy atom. The van der Waals surface area contributed by atoms with Crippen molar-refractivity contribution in [1.29, 1.82) is 0 Å². The second kappa shape index (κ2) is 5.40. The van der Waals surface area contributed by atoms with Gasteiger partial charge in [0.1, 0.15) is 0 Å². The van der Waals surface area contributed by atoms with Crippen molar-refractivity contribution in [1.82, 2.24) is 0 Å². The van der Waals surface area contributed by atoms with Crippen LogP contribution in [0, 0.1) is 11.3 Å². The first-order valence-electron chi connectivity index (χ1n) is 5.12. The molecule has 0 aliphatic carbocycles. The zero-order valence-electron chi connectivity index (χ0n) is 9.35. The molecule has 12 heavy (non-hydrogen) atoms. The summed E-state index contributed by atoms with van der Waals surface area (Å²) in [5.74, 6) is 0.853. The van der Waals surface area contributed by atoms with Gasteiger partial charge in [0, 0.05) is 0 Å². The summed E-state index contributed by atoms with van der Waals surface area (Å²) < 4.78 is 0. The quantitative estimate of drug-likeness (QED) is 0.533. The van der Waals surface area contributed by atoms with E-state index in [-0.39, 0.29) is 0 Å². The van der Waals surface area contributed by atoms with Crippen LogP contribution >= 0.6 is 0 Å². The Labute approximate surface area is 78.1 Å². The minimum absolute atomic E-state index is 0.406. The number of hydrogen-bond acceptors (Lipinski definition) is 0. The van der Waals surface area contributed by atoms with E-state index in [1.165, 1.54) is 19.3 Å². The fourth-order valence-corrected chi connectivity index (χ4v) is 1.50. The maximum Gasteiger partial charge on any atom is -0.0175 e. The van der Waals surface area contributed by atoms with E-state index in [4.69, 9.17) is 0 Å². The molecule has 0 bridgehead atoms. The summed E-state index contributed by atoms with van der Waals surface area (Å²) in [5.41, 5.74) is 0.406. The van der Waals surface area contributed by atoms with Gasteiger partial charge in [0.15, 0.2) is 0 Å². The molecule has 0 saturated carbocycles. The van der Waals surface area contributed by atoms with E-state index in [0.717, 1.165) is 5.92 Å². The van der Waals surface area contributed by atoms with E-state index in [1.54, 1.807) is 0 Å². The van der Waals surface area contributed by atoms with Gasteiger partial charge in [-0.25, -0.2) is 0 Å². The SMILES string of the molecule is C/C=C/C(C)(C)CCCC(C)C. The van der Waals surface area contributed by atoms with Gasteiger partial charge >= 0.3 is 0 Å². The number of allylic oxidation sites excluding steroid dienone is 2. The summed E-state index contributed by atoms with van der Waals surface area (Å²) >= 11 is 0. The van der Waals surface area contributed by atoms with Crippen LogP contribution in [0.4, 0.5) is 0 Å². The normalized spacial score (nSPS) is 13.2. The second-order valence-corrected chi connectivity index (χ2v) is 4.77. The lowest BCUT2D eigenvalue weighted by molar-refractivity contribution is 0.393. The van der Waals surface area contributed by atoms with Gasteiger partial charge < -0.3 is 0 Å². The molecule has 0 atom stereocenters. The van der Waals surface area contributed by atoms with Crippen LogP contribution in [0.25, 0.3) is 0 Å². The smallest absolute Gasteiger partial charge is 0.0175 e.